The highest BCUT2D eigenvalue weighted by molar-refractivity contribution is 4.69. The van der Waals surface area contributed by atoms with Gasteiger partial charge in [-0.2, -0.15) is 0 Å². The fourth-order valence-corrected chi connectivity index (χ4v) is 2.12. The minimum Gasteiger partial charge on any atom is -0.303 e. The van der Waals surface area contributed by atoms with Crippen molar-refractivity contribution < 1.29 is 0 Å². The quantitative estimate of drug-likeness (QED) is 0.633. The van der Waals surface area contributed by atoms with E-state index in [1.807, 2.05) is 0 Å². The van der Waals surface area contributed by atoms with Gasteiger partial charge in [-0.3, -0.25) is 0 Å². The van der Waals surface area contributed by atoms with Crippen molar-refractivity contribution in [1.82, 2.24) is 4.90 Å². The summed E-state index contributed by atoms with van der Waals surface area (Å²) in [5, 5.41) is 0. The maximum absolute atomic E-state index is 2.63. The third-order valence-corrected chi connectivity index (χ3v) is 3.01. The molecule has 1 aliphatic heterocycles. The van der Waals surface area contributed by atoms with Crippen LogP contribution in [0.3, 0.4) is 0 Å². The van der Waals surface area contributed by atoms with Gasteiger partial charge < -0.3 is 4.90 Å². The van der Waals surface area contributed by atoms with Crippen molar-refractivity contribution in [1.29, 1.82) is 0 Å². The first-order valence-corrected chi connectivity index (χ1v) is 5.91. The Morgan fingerprint density at radius 1 is 1.00 bits per heavy atom. The standard InChI is InChI=1S/C12H25N/c1-11(2)6-7-12(3)10-13-8-4-5-9-13/h11-12H,4-10H2,1-3H3. The molecule has 78 valence electrons. The molecule has 1 fully saturated rings. The minimum absolute atomic E-state index is 0.876. The Hall–Kier alpha value is -0.0400. The van der Waals surface area contributed by atoms with Crippen LogP contribution in [0.25, 0.3) is 0 Å². The fourth-order valence-electron chi connectivity index (χ4n) is 2.12. The van der Waals surface area contributed by atoms with E-state index in [9.17, 15) is 0 Å². The lowest BCUT2D eigenvalue weighted by Gasteiger charge is -2.20. The molecule has 0 spiro atoms. The van der Waals surface area contributed by atoms with Crippen LogP contribution in [-0.4, -0.2) is 24.5 Å². The molecule has 1 aliphatic rings. The summed E-state index contributed by atoms with van der Waals surface area (Å²) in [7, 11) is 0. The Morgan fingerprint density at radius 2 is 1.62 bits per heavy atom. The SMILES string of the molecule is CC(C)CCC(C)CN1CCCC1. The summed E-state index contributed by atoms with van der Waals surface area (Å²) < 4.78 is 0. The summed E-state index contributed by atoms with van der Waals surface area (Å²) in [6.07, 6.45) is 5.66. The molecule has 1 atom stereocenters. The second-order valence-electron chi connectivity index (χ2n) is 5.08. The van der Waals surface area contributed by atoms with Crippen LogP contribution in [-0.2, 0) is 0 Å². The van der Waals surface area contributed by atoms with Gasteiger partial charge in [0.2, 0.25) is 0 Å². The van der Waals surface area contributed by atoms with Crippen LogP contribution in [0.2, 0.25) is 0 Å². The molecule has 13 heavy (non-hydrogen) atoms. The van der Waals surface area contributed by atoms with E-state index in [4.69, 9.17) is 0 Å². The molecule has 0 N–H and O–H groups in total. The van der Waals surface area contributed by atoms with Gasteiger partial charge >= 0.3 is 0 Å². The van der Waals surface area contributed by atoms with Crippen molar-refractivity contribution in [3.63, 3.8) is 0 Å². The Labute approximate surface area is 83.5 Å². The van der Waals surface area contributed by atoms with E-state index in [1.54, 1.807) is 0 Å². The largest absolute Gasteiger partial charge is 0.303 e. The molecule has 0 radical (unpaired) electrons. The predicted molar refractivity (Wildman–Crippen MR) is 58.9 cm³/mol. The summed E-state index contributed by atoms with van der Waals surface area (Å²) >= 11 is 0. The van der Waals surface area contributed by atoms with Crippen LogP contribution in [0.5, 0.6) is 0 Å². The molecule has 0 aliphatic carbocycles. The highest BCUT2D eigenvalue weighted by atomic mass is 15.1. The van der Waals surface area contributed by atoms with Crippen molar-refractivity contribution >= 4 is 0 Å². The van der Waals surface area contributed by atoms with E-state index < -0.39 is 0 Å². The van der Waals surface area contributed by atoms with Crippen molar-refractivity contribution in [3.05, 3.63) is 0 Å². The third-order valence-electron chi connectivity index (χ3n) is 3.01. The molecular formula is C12H25N. The van der Waals surface area contributed by atoms with Crippen LogP contribution in [0.4, 0.5) is 0 Å². The number of hydrogen-bond donors (Lipinski definition) is 0. The van der Waals surface area contributed by atoms with Gasteiger partial charge in [0.1, 0.15) is 0 Å². The number of hydrogen-bond acceptors (Lipinski definition) is 1. The van der Waals surface area contributed by atoms with E-state index in [0.717, 1.165) is 11.8 Å². The zero-order valence-electron chi connectivity index (χ0n) is 9.55. The molecule has 0 amide bonds. The van der Waals surface area contributed by atoms with Gasteiger partial charge in [-0.1, -0.05) is 27.2 Å². The lowest BCUT2D eigenvalue weighted by molar-refractivity contribution is 0.272. The van der Waals surface area contributed by atoms with Gasteiger partial charge in [0.25, 0.3) is 0 Å². The summed E-state index contributed by atoms with van der Waals surface area (Å²) in [5.41, 5.74) is 0. The number of likely N-dealkylation sites (tertiary alicyclic amines) is 1. The molecule has 0 saturated carbocycles. The Morgan fingerprint density at radius 3 is 2.15 bits per heavy atom. The molecule has 0 bridgehead atoms. The highest BCUT2D eigenvalue weighted by Gasteiger charge is 2.14. The van der Waals surface area contributed by atoms with Gasteiger partial charge in [-0.05, 0) is 44.2 Å². The molecule has 1 heteroatoms. The molecule has 1 nitrogen and oxygen atoms in total. The van der Waals surface area contributed by atoms with Crippen LogP contribution in [0.1, 0.15) is 46.5 Å². The zero-order chi connectivity index (χ0) is 9.68. The van der Waals surface area contributed by atoms with E-state index in [1.165, 1.54) is 45.3 Å². The van der Waals surface area contributed by atoms with Crippen LogP contribution >= 0.6 is 0 Å². The topological polar surface area (TPSA) is 3.24 Å². The van der Waals surface area contributed by atoms with Crippen LogP contribution < -0.4 is 0 Å². The van der Waals surface area contributed by atoms with Gasteiger partial charge in [0, 0.05) is 6.54 Å². The average Bonchev–Trinajstić information content (AvgIpc) is 2.53. The highest BCUT2D eigenvalue weighted by Crippen LogP contribution is 2.15. The molecule has 0 aromatic heterocycles. The predicted octanol–water partition coefficient (Wildman–Crippen LogP) is 3.15. The summed E-state index contributed by atoms with van der Waals surface area (Å²) in [4.78, 5) is 2.63. The third kappa shape index (κ3) is 4.66. The van der Waals surface area contributed by atoms with Crippen molar-refractivity contribution in [3.8, 4) is 0 Å². The number of rotatable bonds is 5. The van der Waals surface area contributed by atoms with Crippen molar-refractivity contribution in [2.24, 2.45) is 11.8 Å². The molecule has 0 aromatic rings. The maximum atomic E-state index is 2.63. The lowest BCUT2D eigenvalue weighted by Crippen LogP contribution is -2.25. The van der Waals surface area contributed by atoms with Gasteiger partial charge in [-0.25, -0.2) is 0 Å². The summed E-state index contributed by atoms with van der Waals surface area (Å²) in [6.45, 7) is 11.1. The van der Waals surface area contributed by atoms with Gasteiger partial charge in [0.05, 0.1) is 0 Å². The Kier molecular flexibility index (Phi) is 4.79. The second-order valence-corrected chi connectivity index (χ2v) is 5.08. The molecule has 1 unspecified atom stereocenters. The molecule has 1 heterocycles. The molecule has 1 saturated heterocycles. The average molecular weight is 183 g/mol. The zero-order valence-corrected chi connectivity index (χ0v) is 9.55. The molecule has 1 rings (SSSR count). The lowest BCUT2D eigenvalue weighted by atomic mass is 9.99. The second kappa shape index (κ2) is 5.64. The van der Waals surface area contributed by atoms with E-state index in [-0.39, 0.29) is 0 Å². The molecule has 0 aromatic carbocycles. The van der Waals surface area contributed by atoms with Gasteiger partial charge in [-0.15, -0.1) is 0 Å². The van der Waals surface area contributed by atoms with Gasteiger partial charge in [0.15, 0.2) is 0 Å². The number of nitrogens with zero attached hydrogens (tertiary/aromatic N) is 1. The van der Waals surface area contributed by atoms with E-state index in [2.05, 4.69) is 25.7 Å². The first kappa shape index (κ1) is 11.0. The fraction of sp³-hybridized carbons (Fsp3) is 1.00. The van der Waals surface area contributed by atoms with Crippen LogP contribution in [0.15, 0.2) is 0 Å². The normalized spacial score (nSPS) is 21.2. The first-order chi connectivity index (χ1) is 6.18. The smallest absolute Gasteiger partial charge is 0.000702 e. The Balaban J connectivity index is 2.05. The van der Waals surface area contributed by atoms with Crippen LogP contribution in [0, 0.1) is 11.8 Å². The maximum Gasteiger partial charge on any atom is 0.000702 e. The minimum atomic E-state index is 0.876. The Bertz CT molecular complexity index is 125. The monoisotopic (exact) mass is 183 g/mol. The first-order valence-electron chi connectivity index (χ1n) is 5.91. The molecular weight excluding hydrogens is 158 g/mol. The van der Waals surface area contributed by atoms with Crippen molar-refractivity contribution in [2.75, 3.05) is 19.6 Å². The van der Waals surface area contributed by atoms with E-state index in [0.29, 0.717) is 0 Å². The van der Waals surface area contributed by atoms with E-state index >= 15 is 0 Å². The summed E-state index contributed by atoms with van der Waals surface area (Å²) in [6, 6.07) is 0. The summed E-state index contributed by atoms with van der Waals surface area (Å²) in [5.74, 6) is 1.78. The van der Waals surface area contributed by atoms with Crippen molar-refractivity contribution in [2.45, 2.75) is 46.5 Å².